The molecule has 0 aromatic heterocycles. The monoisotopic (exact) mass is 348 g/mol. The smallest absolute Gasteiger partial charge is 0.238 e. The highest BCUT2D eigenvalue weighted by atomic mass is 32.2. The lowest BCUT2D eigenvalue weighted by Crippen LogP contribution is -2.24. The summed E-state index contributed by atoms with van der Waals surface area (Å²) in [5.74, 6) is 0.597. The van der Waals surface area contributed by atoms with E-state index in [-0.39, 0.29) is 17.2 Å². The summed E-state index contributed by atoms with van der Waals surface area (Å²) in [4.78, 5) is 11.8. The first kappa shape index (κ1) is 18.0. The lowest BCUT2D eigenvalue weighted by atomic mass is 10.2. The van der Waals surface area contributed by atoms with Crippen LogP contribution in [0.4, 0.5) is 0 Å². The number of hydrogen-bond acceptors (Lipinski definition) is 4. The fourth-order valence-electron chi connectivity index (χ4n) is 2.05. The van der Waals surface area contributed by atoms with E-state index in [4.69, 9.17) is 9.88 Å². The number of nitrogens with one attached hydrogen (secondary N) is 1. The zero-order chi connectivity index (χ0) is 17.6. The van der Waals surface area contributed by atoms with Gasteiger partial charge < -0.3 is 10.1 Å². The molecule has 0 atom stereocenters. The highest BCUT2D eigenvalue weighted by molar-refractivity contribution is 7.89. The van der Waals surface area contributed by atoms with Crippen LogP contribution in [-0.4, -0.2) is 20.9 Å². The molecule has 0 spiro atoms. The van der Waals surface area contributed by atoms with Crippen LogP contribution in [0.15, 0.2) is 53.4 Å². The van der Waals surface area contributed by atoms with Gasteiger partial charge in [0.1, 0.15) is 5.75 Å². The third-order valence-electron chi connectivity index (χ3n) is 3.33. The molecule has 128 valence electrons. The SMILES string of the molecule is Cc1cccc(OCCC(=O)NCc2ccc(S(N)(=O)=O)cc2)c1. The molecule has 0 fully saturated rings. The zero-order valence-electron chi connectivity index (χ0n) is 13.4. The van der Waals surface area contributed by atoms with Crippen molar-refractivity contribution in [1.82, 2.24) is 5.32 Å². The number of primary sulfonamides is 1. The van der Waals surface area contributed by atoms with Gasteiger partial charge in [0, 0.05) is 6.54 Å². The fourth-order valence-corrected chi connectivity index (χ4v) is 2.57. The van der Waals surface area contributed by atoms with Crippen LogP contribution in [0.25, 0.3) is 0 Å². The third kappa shape index (κ3) is 5.68. The molecule has 0 saturated heterocycles. The number of amides is 1. The van der Waals surface area contributed by atoms with Crippen molar-refractivity contribution in [3.05, 3.63) is 59.7 Å². The number of benzene rings is 2. The molecule has 2 aromatic carbocycles. The van der Waals surface area contributed by atoms with Crippen molar-refractivity contribution >= 4 is 15.9 Å². The molecule has 0 bridgehead atoms. The fraction of sp³-hybridized carbons (Fsp3) is 0.235. The summed E-state index contributed by atoms with van der Waals surface area (Å²) in [5.41, 5.74) is 1.88. The average molecular weight is 348 g/mol. The van der Waals surface area contributed by atoms with E-state index < -0.39 is 10.0 Å². The number of rotatable bonds is 7. The maximum absolute atomic E-state index is 11.8. The van der Waals surface area contributed by atoms with Crippen molar-refractivity contribution in [2.75, 3.05) is 6.61 Å². The lowest BCUT2D eigenvalue weighted by molar-refractivity contribution is -0.121. The summed E-state index contributed by atoms with van der Waals surface area (Å²) < 4.78 is 27.8. The predicted octanol–water partition coefficient (Wildman–Crippen LogP) is 1.73. The van der Waals surface area contributed by atoms with E-state index in [1.165, 1.54) is 12.1 Å². The van der Waals surface area contributed by atoms with Crippen LogP contribution in [0.3, 0.4) is 0 Å². The highest BCUT2D eigenvalue weighted by Crippen LogP contribution is 2.12. The van der Waals surface area contributed by atoms with Crippen molar-refractivity contribution in [3.8, 4) is 5.75 Å². The second-order valence-electron chi connectivity index (χ2n) is 5.38. The molecule has 0 aliphatic rings. The van der Waals surface area contributed by atoms with Gasteiger partial charge in [-0.05, 0) is 42.3 Å². The van der Waals surface area contributed by atoms with Crippen LogP contribution in [0.1, 0.15) is 17.5 Å². The molecule has 0 aliphatic heterocycles. The van der Waals surface area contributed by atoms with Crippen molar-refractivity contribution in [2.24, 2.45) is 5.14 Å². The highest BCUT2D eigenvalue weighted by Gasteiger charge is 2.07. The number of nitrogens with two attached hydrogens (primary N) is 1. The van der Waals surface area contributed by atoms with E-state index >= 15 is 0 Å². The zero-order valence-corrected chi connectivity index (χ0v) is 14.2. The normalized spacial score (nSPS) is 11.1. The standard InChI is InChI=1S/C17H20N2O4S/c1-13-3-2-4-15(11-13)23-10-9-17(20)19-12-14-5-7-16(8-6-14)24(18,21)22/h2-8,11H,9-10,12H2,1H3,(H,19,20)(H2,18,21,22). The van der Waals surface area contributed by atoms with Crippen molar-refractivity contribution in [1.29, 1.82) is 0 Å². The number of hydrogen-bond donors (Lipinski definition) is 2. The summed E-state index contributed by atoms with van der Waals surface area (Å²) in [6.07, 6.45) is 0.239. The maximum atomic E-state index is 11.8. The second kappa shape index (κ2) is 7.94. The first-order valence-electron chi connectivity index (χ1n) is 7.42. The van der Waals surface area contributed by atoms with Crippen molar-refractivity contribution in [3.63, 3.8) is 0 Å². The van der Waals surface area contributed by atoms with Gasteiger partial charge in [-0.15, -0.1) is 0 Å². The van der Waals surface area contributed by atoms with Crippen LogP contribution in [0.5, 0.6) is 5.75 Å². The minimum Gasteiger partial charge on any atom is -0.493 e. The van der Waals surface area contributed by atoms with Gasteiger partial charge in [0.25, 0.3) is 0 Å². The molecule has 24 heavy (non-hydrogen) atoms. The Kier molecular flexibility index (Phi) is 5.94. The summed E-state index contributed by atoms with van der Waals surface area (Å²) in [5, 5.41) is 7.78. The summed E-state index contributed by atoms with van der Waals surface area (Å²) in [6, 6.07) is 13.7. The summed E-state index contributed by atoms with van der Waals surface area (Å²) in [6.45, 7) is 2.58. The Morgan fingerprint density at radius 3 is 2.50 bits per heavy atom. The number of aryl methyl sites for hydroxylation is 1. The molecule has 2 aromatic rings. The van der Waals surface area contributed by atoms with Crippen LogP contribution in [0.2, 0.25) is 0 Å². The third-order valence-corrected chi connectivity index (χ3v) is 4.26. The molecule has 0 radical (unpaired) electrons. The topological polar surface area (TPSA) is 98.5 Å². The number of carbonyl (C=O) groups excluding carboxylic acids is 1. The Morgan fingerprint density at radius 1 is 1.17 bits per heavy atom. The van der Waals surface area contributed by atoms with Crippen LogP contribution in [0, 0.1) is 6.92 Å². The number of ether oxygens (including phenoxy) is 1. The summed E-state index contributed by atoms with van der Waals surface area (Å²) >= 11 is 0. The van der Waals surface area contributed by atoms with Crippen molar-refractivity contribution < 1.29 is 17.9 Å². The molecule has 3 N–H and O–H groups in total. The van der Waals surface area contributed by atoms with E-state index in [1.54, 1.807) is 12.1 Å². The average Bonchev–Trinajstić information content (AvgIpc) is 2.52. The Bertz CT molecular complexity index is 802. The molecule has 6 nitrogen and oxygen atoms in total. The quantitative estimate of drug-likeness (QED) is 0.796. The number of carbonyl (C=O) groups is 1. The molecule has 0 heterocycles. The lowest BCUT2D eigenvalue weighted by Gasteiger charge is -2.08. The van der Waals surface area contributed by atoms with E-state index in [9.17, 15) is 13.2 Å². The molecule has 0 unspecified atom stereocenters. The Hall–Kier alpha value is -2.38. The molecule has 1 amide bonds. The Labute approximate surface area is 141 Å². The van der Waals surface area contributed by atoms with Gasteiger partial charge in [-0.25, -0.2) is 13.6 Å². The van der Waals surface area contributed by atoms with Crippen LogP contribution >= 0.6 is 0 Å². The molecular formula is C17H20N2O4S. The maximum Gasteiger partial charge on any atom is 0.238 e. The van der Waals surface area contributed by atoms with Gasteiger partial charge >= 0.3 is 0 Å². The Balaban J connectivity index is 1.75. The van der Waals surface area contributed by atoms with E-state index in [2.05, 4.69) is 5.32 Å². The van der Waals surface area contributed by atoms with Gasteiger partial charge in [0.2, 0.25) is 15.9 Å². The minimum atomic E-state index is -3.70. The van der Waals surface area contributed by atoms with Crippen molar-refractivity contribution in [2.45, 2.75) is 24.8 Å². The molecule has 2 rings (SSSR count). The Morgan fingerprint density at radius 2 is 1.88 bits per heavy atom. The van der Waals surface area contributed by atoms with Crippen LogP contribution < -0.4 is 15.2 Å². The van der Waals surface area contributed by atoms with Crippen LogP contribution in [-0.2, 0) is 21.4 Å². The van der Waals surface area contributed by atoms with Gasteiger partial charge in [-0.3, -0.25) is 4.79 Å². The first-order valence-corrected chi connectivity index (χ1v) is 8.97. The predicted molar refractivity (Wildman–Crippen MR) is 91.0 cm³/mol. The largest absolute Gasteiger partial charge is 0.493 e. The molecule has 7 heteroatoms. The van der Waals surface area contributed by atoms with E-state index in [1.807, 2.05) is 31.2 Å². The molecule has 0 saturated carbocycles. The molecule has 0 aliphatic carbocycles. The van der Waals surface area contributed by atoms with Gasteiger partial charge in [0.15, 0.2) is 0 Å². The van der Waals surface area contributed by atoms with Gasteiger partial charge in [-0.2, -0.15) is 0 Å². The van der Waals surface area contributed by atoms with E-state index in [0.29, 0.717) is 13.2 Å². The van der Waals surface area contributed by atoms with E-state index in [0.717, 1.165) is 16.9 Å². The minimum absolute atomic E-state index is 0.0455. The second-order valence-corrected chi connectivity index (χ2v) is 6.94. The molecular weight excluding hydrogens is 328 g/mol. The number of sulfonamides is 1. The first-order chi connectivity index (χ1) is 11.3. The van der Waals surface area contributed by atoms with Gasteiger partial charge in [0.05, 0.1) is 17.9 Å². The van der Waals surface area contributed by atoms with Gasteiger partial charge in [-0.1, -0.05) is 24.3 Å². The summed E-state index contributed by atoms with van der Waals surface area (Å²) in [7, 11) is -3.70.